The Balaban J connectivity index is 1.34. The number of anilines is 1. The highest BCUT2D eigenvalue weighted by atomic mass is 32.2. The average Bonchev–Trinajstić information content (AvgIpc) is 3.41. The highest BCUT2D eigenvalue weighted by Crippen LogP contribution is 2.42. The fourth-order valence-electron chi connectivity index (χ4n) is 5.36. The zero-order chi connectivity index (χ0) is 27.0. The second-order valence-corrected chi connectivity index (χ2v) is 12.0. The lowest BCUT2D eigenvalue weighted by molar-refractivity contribution is -0.114. The maximum Gasteiger partial charge on any atom is 0.257 e. The van der Waals surface area contributed by atoms with E-state index in [0.717, 1.165) is 29.8 Å². The van der Waals surface area contributed by atoms with Gasteiger partial charge in [0.05, 0.1) is 23.2 Å². The van der Waals surface area contributed by atoms with Crippen molar-refractivity contribution in [2.24, 2.45) is 0 Å². The standard InChI is InChI=1S/C31H34N2O4S/c1-19-16-23(37-15-14-31(3,4)35)17-20(2)30(19)26-7-5-6-25-24(26)12-13-27(25)32-22-10-8-21(9-11-22)28-18-29(34)33-38(28)36/h5-11,16-18,27,32,35H,12-15H2,1-4H3,(H,33,34)/t27-,38?/m1/s1. The lowest BCUT2D eigenvalue weighted by atomic mass is 9.90. The van der Waals surface area contributed by atoms with Crippen LogP contribution in [0.15, 0.2) is 60.7 Å². The first-order valence-electron chi connectivity index (χ1n) is 13.0. The number of rotatable bonds is 8. The van der Waals surface area contributed by atoms with Crippen LogP contribution in [0.5, 0.6) is 5.75 Å². The number of aryl methyl sites for hydroxylation is 2. The van der Waals surface area contributed by atoms with Crippen LogP contribution in [0.25, 0.3) is 16.0 Å². The Bertz CT molecular complexity index is 1410. The SMILES string of the molecule is Cc1cc(OCCC(C)(C)O)cc(C)c1-c1cccc2c1CC[C@H]2Nc1ccc(C2=CC(=O)NS2=O)cc1. The first kappa shape index (κ1) is 26.2. The third-order valence-corrected chi connectivity index (χ3v) is 8.33. The number of carbonyl (C=O) groups excluding carboxylic acids is 1. The molecule has 1 unspecified atom stereocenters. The fraction of sp³-hybridized carbons (Fsp3) is 0.323. The van der Waals surface area contributed by atoms with E-state index in [0.29, 0.717) is 17.9 Å². The van der Waals surface area contributed by atoms with Gasteiger partial charge in [0, 0.05) is 18.2 Å². The Morgan fingerprint density at radius 2 is 1.82 bits per heavy atom. The summed E-state index contributed by atoms with van der Waals surface area (Å²) in [6, 6.07) is 18.7. The molecule has 0 radical (unpaired) electrons. The third-order valence-electron chi connectivity index (χ3n) is 7.19. The summed E-state index contributed by atoms with van der Waals surface area (Å²) in [6.07, 6.45) is 3.96. The highest BCUT2D eigenvalue weighted by molar-refractivity contribution is 7.93. The molecule has 0 aromatic heterocycles. The van der Waals surface area contributed by atoms with Crippen LogP contribution >= 0.6 is 0 Å². The van der Waals surface area contributed by atoms with Crippen molar-refractivity contribution < 1.29 is 18.8 Å². The Hall–Kier alpha value is -3.42. The molecule has 2 atom stereocenters. The largest absolute Gasteiger partial charge is 0.493 e. The molecule has 1 aliphatic carbocycles. The summed E-state index contributed by atoms with van der Waals surface area (Å²) in [6.45, 7) is 8.32. The molecule has 3 aromatic rings. The molecular formula is C31H34N2O4S. The molecule has 0 spiro atoms. The molecule has 0 fully saturated rings. The predicted octanol–water partition coefficient (Wildman–Crippen LogP) is 5.74. The topological polar surface area (TPSA) is 87.7 Å². The first-order chi connectivity index (χ1) is 18.1. The Kier molecular flexibility index (Phi) is 7.16. The van der Waals surface area contributed by atoms with Gasteiger partial charge in [0.15, 0.2) is 11.0 Å². The van der Waals surface area contributed by atoms with Crippen molar-refractivity contribution in [2.75, 3.05) is 11.9 Å². The number of aliphatic hydroxyl groups is 1. The molecule has 1 amide bonds. The van der Waals surface area contributed by atoms with Crippen LogP contribution in [-0.4, -0.2) is 27.4 Å². The quantitative estimate of drug-likeness (QED) is 0.346. The molecule has 1 heterocycles. The zero-order valence-electron chi connectivity index (χ0n) is 22.3. The van der Waals surface area contributed by atoms with E-state index in [2.05, 4.69) is 54.2 Å². The number of hydrogen-bond donors (Lipinski definition) is 3. The average molecular weight is 531 g/mol. The lowest BCUT2D eigenvalue weighted by Crippen LogP contribution is -2.21. The fourth-order valence-corrected chi connectivity index (χ4v) is 6.28. The molecule has 38 heavy (non-hydrogen) atoms. The molecular weight excluding hydrogens is 496 g/mol. The van der Waals surface area contributed by atoms with E-state index in [4.69, 9.17) is 4.74 Å². The van der Waals surface area contributed by atoms with Crippen molar-refractivity contribution >= 4 is 27.5 Å². The van der Waals surface area contributed by atoms with Gasteiger partial charge in [-0.3, -0.25) is 9.52 Å². The lowest BCUT2D eigenvalue weighted by Gasteiger charge is -2.20. The van der Waals surface area contributed by atoms with Gasteiger partial charge in [-0.25, -0.2) is 4.21 Å². The van der Waals surface area contributed by atoms with E-state index in [9.17, 15) is 14.1 Å². The van der Waals surface area contributed by atoms with Crippen LogP contribution in [0.2, 0.25) is 0 Å². The predicted molar refractivity (Wildman–Crippen MR) is 153 cm³/mol. The molecule has 198 valence electrons. The smallest absolute Gasteiger partial charge is 0.257 e. The second-order valence-electron chi connectivity index (χ2n) is 10.8. The van der Waals surface area contributed by atoms with Gasteiger partial charge in [0.1, 0.15) is 5.75 Å². The van der Waals surface area contributed by atoms with Gasteiger partial charge in [-0.1, -0.05) is 30.3 Å². The van der Waals surface area contributed by atoms with E-state index in [1.54, 1.807) is 13.8 Å². The van der Waals surface area contributed by atoms with Gasteiger partial charge in [-0.2, -0.15) is 0 Å². The van der Waals surface area contributed by atoms with Crippen LogP contribution in [0.1, 0.15) is 60.5 Å². The van der Waals surface area contributed by atoms with Crippen molar-refractivity contribution in [1.29, 1.82) is 0 Å². The minimum Gasteiger partial charge on any atom is -0.493 e. The van der Waals surface area contributed by atoms with Gasteiger partial charge in [-0.15, -0.1) is 0 Å². The third kappa shape index (κ3) is 5.54. The number of nitrogens with one attached hydrogen (secondary N) is 2. The molecule has 1 aliphatic heterocycles. The monoisotopic (exact) mass is 530 g/mol. The summed E-state index contributed by atoms with van der Waals surface area (Å²) in [5.74, 6) is 0.512. The summed E-state index contributed by atoms with van der Waals surface area (Å²) in [5.41, 5.74) is 8.58. The molecule has 0 bridgehead atoms. The van der Waals surface area contributed by atoms with Crippen LogP contribution in [-0.2, 0) is 22.2 Å². The maximum absolute atomic E-state index is 12.1. The van der Waals surface area contributed by atoms with Gasteiger partial charge < -0.3 is 15.2 Å². The molecule has 0 saturated carbocycles. The summed E-state index contributed by atoms with van der Waals surface area (Å²) < 4.78 is 20.4. The molecule has 3 N–H and O–H groups in total. The van der Waals surface area contributed by atoms with Gasteiger partial charge in [0.2, 0.25) is 0 Å². The summed E-state index contributed by atoms with van der Waals surface area (Å²) in [7, 11) is -1.49. The number of ether oxygens (including phenoxy) is 1. The summed E-state index contributed by atoms with van der Waals surface area (Å²) in [4.78, 5) is 12.0. The van der Waals surface area contributed by atoms with Crippen LogP contribution in [0, 0.1) is 13.8 Å². The van der Waals surface area contributed by atoms with E-state index in [1.165, 1.54) is 39.5 Å². The van der Waals surface area contributed by atoms with Crippen molar-refractivity contribution in [3.8, 4) is 16.9 Å². The molecule has 5 rings (SSSR count). The van der Waals surface area contributed by atoms with Crippen LogP contribution in [0.4, 0.5) is 5.69 Å². The minimum absolute atomic E-state index is 0.198. The number of benzene rings is 3. The van der Waals surface area contributed by atoms with E-state index in [1.807, 2.05) is 24.3 Å². The number of amides is 1. The van der Waals surface area contributed by atoms with Crippen LogP contribution < -0.4 is 14.8 Å². The van der Waals surface area contributed by atoms with E-state index in [-0.39, 0.29) is 11.9 Å². The van der Waals surface area contributed by atoms with Gasteiger partial charge in [-0.05, 0) is 104 Å². The Morgan fingerprint density at radius 1 is 1.11 bits per heavy atom. The van der Waals surface area contributed by atoms with Gasteiger partial charge in [0.25, 0.3) is 5.91 Å². The minimum atomic E-state index is -1.49. The second kappa shape index (κ2) is 10.4. The molecule has 7 heteroatoms. The first-order valence-corrected chi connectivity index (χ1v) is 14.1. The Labute approximate surface area is 226 Å². The number of carbonyl (C=O) groups is 1. The summed E-state index contributed by atoms with van der Waals surface area (Å²) in [5, 5.41) is 13.6. The van der Waals surface area contributed by atoms with Crippen molar-refractivity contribution in [2.45, 2.75) is 58.6 Å². The zero-order valence-corrected chi connectivity index (χ0v) is 23.1. The maximum atomic E-state index is 12.1. The van der Waals surface area contributed by atoms with E-state index < -0.39 is 16.6 Å². The number of fused-ring (bicyclic) bond motifs is 1. The Morgan fingerprint density at radius 3 is 2.45 bits per heavy atom. The molecule has 0 saturated heterocycles. The number of hydrogen-bond acceptors (Lipinski definition) is 5. The van der Waals surface area contributed by atoms with Crippen molar-refractivity contribution in [1.82, 2.24) is 4.72 Å². The summed E-state index contributed by atoms with van der Waals surface area (Å²) >= 11 is 0. The molecule has 3 aromatic carbocycles. The van der Waals surface area contributed by atoms with Crippen LogP contribution in [0.3, 0.4) is 0 Å². The van der Waals surface area contributed by atoms with Crippen molar-refractivity contribution in [3.63, 3.8) is 0 Å². The van der Waals surface area contributed by atoms with Crippen molar-refractivity contribution in [3.05, 3.63) is 88.5 Å². The van der Waals surface area contributed by atoms with Gasteiger partial charge >= 0.3 is 0 Å². The molecule has 6 nitrogen and oxygen atoms in total. The highest BCUT2D eigenvalue weighted by Gasteiger charge is 2.26. The normalized spacial score (nSPS) is 18.7. The molecule has 2 aliphatic rings. The van der Waals surface area contributed by atoms with E-state index >= 15 is 0 Å².